The van der Waals surface area contributed by atoms with Crippen molar-refractivity contribution in [2.24, 2.45) is 17.8 Å². The molecule has 1 aromatic carbocycles. The van der Waals surface area contributed by atoms with Crippen molar-refractivity contribution in [3.05, 3.63) is 25.4 Å². The van der Waals surface area contributed by atoms with Gasteiger partial charge in [-0.2, -0.15) is 21.6 Å². The Hall–Kier alpha value is 0.250. The molecule has 2 saturated carbocycles. The fourth-order valence-electron chi connectivity index (χ4n) is 4.64. The SMILES string of the molecule is O=C(O)c1c(I)c(I)c(I)c(I)c1C(=O)NC1CC2CC1CC2C(=O)OC(CS(=O)(=O)O)C(F)(F)F. The van der Waals surface area contributed by atoms with Gasteiger partial charge in [-0.05, 0) is 121 Å². The number of halogens is 7. The van der Waals surface area contributed by atoms with Crippen molar-refractivity contribution >= 4 is 118 Å². The molecule has 5 atom stereocenters. The number of aromatic carboxylic acids is 1. The van der Waals surface area contributed by atoms with E-state index < -0.39 is 63.9 Å². The van der Waals surface area contributed by atoms with Gasteiger partial charge < -0.3 is 15.2 Å². The van der Waals surface area contributed by atoms with Gasteiger partial charge in [0, 0.05) is 20.3 Å². The molecule has 36 heavy (non-hydrogen) atoms. The Balaban J connectivity index is 1.73. The van der Waals surface area contributed by atoms with Gasteiger partial charge in [0.2, 0.25) is 6.10 Å². The molecule has 2 fully saturated rings. The Morgan fingerprint density at radius 2 is 1.53 bits per heavy atom. The number of carbonyl (C=O) groups is 3. The Morgan fingerprint density at radius 3 is 1.97 bits per heavy atom. The molecule has 5 unspecified atom stereocenters. The van der Waals surface area contributed by atoms with E-state index in [1.165, 1.54) is 0 Å². The summed E-state index contributed by atoms with van der Waals surface area (Å²) in [5.41, 5.74) is -0.0989. The monoisotopic (exact) mass is 983 g/mol. The van der Waals surface area contributed by atoms with E-state index in [9.17, 15) is 41.1 Å². The van der Waals surface area contributed by atoms with Gasteiger partial charge in [-0.15, -0.1) is 0 Å². The molecule has 0 aliphatic heterocycles. The molecule has 0 spiro atoms. The molecule has 1 aromatic rings. The molecule has 17 heteroatoms. The summed E-state index contributed by atoms with van der Waals surface area (Å²) in [7, 11) is -5.05. The highest BCUT2D eigenvalue weighted by Gasteiger charge is 2.52. The zero-order chi connectivity index (χ0) is 27.3. The highest BCUT2D eigenvalue weighted by atomic mass is 127. The van der Waals surface area contributed by atoms with Crippen molar-refractivity contribution in [1.29, 1.82) is 0 Å². The van der Waals surface area contributed by atoms with E-state index >= 15 is 0 Å². The van der Waals surface area contributed by atoms with Crippen LogP contribution in [0.1, 0.15) is 40.0 Å². The molecule has 2 aliphatic rings. The third-order valence-corrected chi connectivity index (χ3v) is 14.3. The average Bonchev–Trinajstić information content (AvgIpc) is 3.32. The second kappa shape index (κ2) is 11.4. The number of benzene rings is 1. The molecule has 0 aromatic heterocycles. The van der Waals surface area contributed by atoms with E-state index in [-0.39, 0.29) is 29.9 Å². The summed E-state index contributed by atoms with van der Waals surface area (Å²) in [4.78, 5) is 37.5. The van der Waals surface area contributed by atoms with Gasteiger partial charge in [-0.1, -0.05) is 0 Å². The van der Waals surface area contributed by atoms with Crippen LogP contribution in [0.2, 0.25) is 0 Å². The van der Waals surface area contributed by atoms with E-state index in [2.05, 4.69) is 10.1 Å². The molecule has 2 aliphatic carbocycles. The van der Waals surface area contributed by atoms with Crippen LogP contribution in [0.3, 0.4) is 0 Å². The maximum Gasteiger partial charge on any atom is 0.426 e. The molecule has 0 heterocycles. The van der Waals surface area contributed by atoms with Crippen LogP contribution in [0.5, 0.6) is 0 Å². The minimum absolute atomic E-state index is 0.0225. The van der Waals surface area contributed by atoms with E-state index in [1.807, 2.05) is 90.4 Å². The van der Waals surface area contributed by atoms with Gasteiger partial charge in [-0.25, -0.2) is 4.79 Å². The largest absolute Gasteiger partial charge is 0.478 e. The number of ether oxygens (including phenoxy) is 1. The summed E-state index contributed by atoms with van der Waals surface area (Å²) in [5.74, 6) is -6.41. The van der Waals surface area contributed by atoms with Gasteiger partial charge in [0.05, 0.1) is 17.0 Å². The van der Waals surface area contributed by atoms with E-state index in [1.54, 1.807) is 0 Å². The number of carboxylic acids is 1. The van der Waals surface area contributed by atoms with Crippen LogP contribution < -0.4 is 5.32 Å². The van der Waals surface area contributed by atoms with Crippen molar-refractivity contribution in [3.8, 4) is 0 Å². The standard InChI is InChI=1S/C19H16F3I4NO8S/c20-19(21,22)9(4-36(32,33)34)35-18(31)7-2-6-1-5(7)3-8(6)27-16(28)10-11(17(29)30)13(24)15(26)14(25)12(10)23/h5-9H,1-4H2,(H,27,28)(H,29,30)(H,32,33,34). The fraction of sp³-hybridized carbons (Fsp3) is 0.526. The van der Waals surface area contributed by atoms with E-state index in [0.29, 0.717) is 17.1 Å². The second-order valence-electron chi connectivity index (χ2n) is 8.44. The van der Waals surface area contributed by atoms with Gasteiger partial charge in [0.1, 0.15) is 5.75 Å². The third-order valence-electron chi connectivity index (χ3n) is 6.17. The highest BCUT2D eigenvalue weighted by molar-refractivity contribution is 14.1. The quantitative estimate of drug-likeness (QED) is 0.121. The first-order valence-electron chi connectivity index (χ1n) is 10.0. The van der Waals surface area contributed by atoms with Crippen molar-refractivity contribution < 1.29 is 50.4 Å². The Morgan fingerprint density at radius 1 is 0.972 bits per heavy atom. The van der Waals surface area contributed by atoms with Gasteiger partial charge in [-0.3, -0.25) is 14.1 Å². The zero-order valence-electron chi connectivity index (χ0n) is 17.6. The number of rotatable bonds is 7. The van der Waals surface area contributed by atoms with Crippen LogP contribution >= 0.6 is 90.4 Å². The number of hydrogen-bond donors (Lipinski definition) is 3. The number of amides is 1. The molecule has 0 radical (unpaired) electrons. The number of fused-ring (bicyclic) bond motifs is 2. The topological polar surface area (TPSA) is 147 Å². The van der Waals surface area contributed by atoms with Gasteiger partial charge >= 0.3 is 18.1 Å². The minimum Gasteiger partial charge on any atom is -0.478 e. The van der Waals surface area contributed by atoms with Gasteiger partial charge in [0.25, 0.3) is 16.0 Å². The van der Waals surface area contributed by atoms with Crippen LogP contribution in [0.4, 0.5) is 13.2 Å². The number of carbonyl (C=O) groups excluding carboxylic acids is 2. The lowest BCUT2D eigenvalue weighted by molar-refractivity contribution is -0.218. The predicted octanol–water partition coefficient (Wildman–Crippen LogP) is 4.31. The molecular weight excluding hydrogens is 967 g/mol. The number of esters is 1. The van der Waals surface area contributed by atoms with Crippen LogP contribution in [0, 0.1) is 32.0 Å². The summed E-state index contributed by atoms with van der Waals surface area (Å²) in [5, 5.41) is 12.5. The van der Waals surface area contributed by atoms with Crippen molar-refractivity contribution in [2.75, 3.05) is 5.75 Å². The number of carboxylic acid groups (broad SMARTS) is 1. The molecular formula is C19H16F3I4NO8S. The molecule has 0 saturated heterocycles. The summed E-state index contributed by atoms with van der Waals surface area (Å²) >= 11 is 7.83. The highest BCUT2D eigenvalue weighted by Crippen LogP contribution is 2.49. The smallest absolute Gasteiger partial charge is 0.426 e. The summed E-state index contributed by atoms with van der Waals surface area (Å²) in [6, 6.07) is -0.421. The first-order valence-corrected chi connectivity index (χ1v) is 16.0. The van der Waals surface area contributed by atoms with Crippen LogP contribution in [-0.4, -0.2) is 60.0 Å². The summed E-state index contributed by atoms with van der Waals surface area (Å²) in [6.45, 7) is 0. The lowest BCUT2D eigenvalue weighted by Gasteiger charge is -2.29. The van der Waals surface area contributed by atoms with E-state index in [0.717, 1.165) is 3.57 Å². The molecule has 9 nitrogen and oxygen atoms in total. The van der Waals surface area contributed by atoms with Crippen LogP contribution in [0.15, 0.2) is 0 Å². The lowest BCUT2D eigenvalue weighted by atomic mass is 9.85. The first-order chi connectivity index (χ1) is 16.4. The summed E-state index contributed by atoms with van der Waals surface area (Å²) in [6.07, 6.45) is -7.35. The predicted molar refractivity (Wildman–Crippen MR) is 152 cm³/mol. The average molecular weight is 983 g/mol. The molecule has 3 N–H and O–H groups in total. The molecule has 1 amide bonds. The Kier molecular flexibility index (Phi) is 9.74. The van der Waals surface area contributed by atoms with Crippen molar-refractivity contribution in [3.63, 3.8) is 0 Å². The third kappa shape index (κ3) is 6.69. The molecule has 3 rings (SSSR count). The minimum atomic E-state index is -5.18. The Bertz CT molecular complexity index is 1230. The lowest BCUT2D eigenvalue weighted by Crippen LogP contribution is -2.44. The fourth-order valence-corrected chi connectivity index (χ4v) is 8.95. The Labute approximate surface area is 257 Å². The summed E-state index contributed by atoms with van der Waals surface area (Å²) < 4.78 is 76.7. The number of nitrogens with one attached hydrogen (secondary N) is 1. The van der Waals surface area contributed by atoms with Crippen molar-refractivity contribution in [2.45, 2.75) is 37.6 Å². The second-order valence-corrected chi connectivity index (χ2v) is 14.3. The zero-order valence-corrected chi connectivity index (χ0v) is 27.1. The van der Waals surface area contributed by atoms with Gasteiger partial charge in [0.15, 0.2) is 0 Å². The molecule has 2 bridgehead atoms. The maximum absolute atomic E-state index is 13.2. The normalized spacial score (nSPS) is 24.4. The number of hydrogen-bond acceptors (Lipinski definition) is 6. The molecule has 200 valence electrons. The first kappa shape index (κ1) is 30.8. The van der Waals surface area contributed by atoms with Crippen LogP contribution in [0.25, 0.3) is 0 Å². The maximum atomic E-state index is 13.2. The van der Waals surface area contributed by atoms with Crippen LogP contribution in [-0.2, 0) is 19.6 Å². The number of alkyl halides is 3. The van der Waals surface area contributed by atoms with Crippen molar-refractivity contribution in [1.82, 2.24) is 5.32 Å². The van der Waals surface area contributed by atoms with E-state index in [4.69, 9.17) is 4.55 Å².